The van der Waals surface area contributed by atoms with Crippen LogP contribution in [0, 0.1) is 5.41 Å². The van der Waals surface area contributed by atoms with Gasteiger partial charge in [-0.15, -0.1) is 0 Å². The predicted octanol–water partition coefficient (Wildman–Crippen LogP) is 3.86. The second-order valence-corrected chi connectivity index (χ2v) is 9.40. The normalized spacial score (nSPS) is 22.0. The molecule has 0 saturated carbocycles. The van der Waals surface area contributed by atoms with Gasteiger partial charge in [0, 0.05) is 31.6 Å². The fraction of sp³-hybridized carbons (Fsp3) is 0.650. The molecule has 3 heterocycles. The molecule has 3 rings (SSSR count). The molecule has 154 valence electrons. The average molecular weight is 454 g/mol. The first kappa shape index (κ1) is 20.9. The Morgan fingerprint density at radius 1 is 1.21 bits per heavy atom. The van der Waals surface area contributed by atoms with Crippen LogP contribution in [0.15, 0.2) is 16.6 Å². The maximum Gasteiger partial charge on any atom is 0.410 e. The van der Waals surface area contributed by atoms with Gasteiger partial charge in [0.25, 0.3) is 0 Å². The second-order valence-electron chi connectivity index (χ2n) is 8.54. The molecular formula is C20H28BrN3O4. The van der Waals surface area contributed by atoms with E-state index in [2.05, 4.69) is 25.8 Å². The number of pyridine rings is 1. The molecule has 2 aliphatic heterocycles. The maximum absolute atomic E-state index is 12.4. The van der Waals surface area contributed by atoms with Crippen LogP contribution >= 0.6 is 15.9 Å². The molecule has 0 radical (unpaired) electrons. The smallest absolute Gasteiger partial charge is 0.410 e. The third kappa shape index (κ3) is 4.59. The van der Waals surface area contributed by atoms with Gasteiger partial charge in [-0.2, -0.15) is 0 Å². The summed E-state index contributed by atoms with van der Waals surface area (Å²) < 4.78 is 11.2. The Bertz CT molecular complexity index is 764. The van der Waals surface area contributed by atoms with E-state index in [0.29, 0.717) is 29.9 Å². The van der Waals surface area contributed by atoms with Crippen molar-refractivity contribution in [3.63, 3.8) is 0 Å². The molecule has 2 saturated heterocycles. The van der Waals surface area contributed by atoms with Crippen LogP contribution in [0.1, 0.15) is 51.0 Å². The number of esters is 1. The number of rotatable bonds is 3. The molecule has 1 atom stereocenters. The number of anilines is 1. The highest BCUT2D eigenvalue weighted by Gasteiger charge is 2.46. The Morgan fingerprint density at radius 3 is 2.61 bits per heavy atom. The van der Waals surface area contributed by atoms with Crippen LogP contribution in [0.3, 0.4) is 0 Å². The molecule has 1 spiro atoms. The first-order valence-corrected chi connectivity index (χ1v) is 10.5. The Kier molecular flexibility index (Phi) is 5.89. The molecule has 1 aromatic rings. The van der Waals surface area contributed by atoms with Crippen LogP contribution in [-0.4, -0.2) is 60.3 Å². The van der Waals surface area contributed by atoms with Crippen LogP contribution in [0.25, 0.3) is 0 Å². The lowest BCUT2D eigenvalue weighted by molar-refractivity contribution is 0.0276. The van der Waals surface area contributed by atoms with Crippen molar-refractivity contribution in [2.24, 2.45) is 5.41 Å². The Balaban J connectivity index is 1.68. The molecule has 28 heavy (non-hydrogen) atoms. The van der Waals surface area contributed by atoms with Crippen molar-refractivity contribution in [3.05, 3.63) is 22.3 Å². The van der Waals surface area contributed by atoms with E-state index in [-0.39, 0.29) is 11.5 Å². The zero-order valence-corrected chi connectivity index (χ0v) is 18.5. The van der Waals surface area contributed by atoms with Gasteiger partial charge in [-0.05, 0) is 68.6 Å². The number of ether oxygens (including phenoxy) is 2. The monoisotopic (exact) mass is 453 g/mol. The van der Waals surface area contributed by atoms with Gasteiger partial charge in [-0.1, -0.05) is 0 Å². The number of halogens is 1. The fourth-order valence-corrected chi connectivity index (χ4v) is 4.21. The van der Waals surface area contributed by atoms with Gasteiger partial charge in [0.1, 0.15) is 11.4 Å². The second kappa shape index (κ2) is 7.89. The van der Waals surface area contributed by atoms with Gasteiger partial charge in [-0.3, -0.25) is 0 Å². The molecule has 2 aliphatic rings. The molecule has 1 amide bonds. The van der Waals surface area contributed by atoms with Gasteiger partial charge in [-0.25, -0.2) is 14.6 Å². The van der Waals surface area contributed by atoms with E-state index in [9.17, 15) is 9.59 Å². The van der Waals surface area contributed by atoms with Crippen LogP contribution < -0.4 is 4.90 Å². The first-order valence-electron chi connectivity index (χ1n) is 9.69. The number of carbonyl (C=O) groups excluding carboxylic acids is 2. The van der Waals surface area contributed by atoms with E-state index in [1.165, 1.54) is 0 Å². The van der Waals surface area contributed by atoms with Crippen LogP contribution in [0.2, 0.25) is 0 Å². The van der Waals surface area contributed by atoms with Crippen LogP contribution in [-0.2, 0) is 9.47 Å². The molecule has 7 nitrogen and oxygen atoms in total. The molecule has 0 bridgehead atoms. The minimum atomic E-state index is -0.487. The molecule has 0 aliphatic carbocycles. The summed E-state index contributed by atoms with van der Waals surface area (Å²) >= 11 is 3.38. The third-order valence-electron chi connectivity index (χ3n) is 5.15. The highest BCUT2D eigenvalue weighted by molar-refractivity contribution is 9.10. The first-order chi connectivity index (χ1) is 13.1. The molecular weight excluding hydrogens is 426 g/mol. The highest BCUT2D eigenvalue weighted by Crippen LogP contribution is 2.41. The SMILES string of the molecule is CCOC(=O)c1nc(N2CCC3(CCN(C(=O)OC(C)(C)C)C3)C2)ccc1Br. The van der Waals surface area contributed by atoms with E-state index in [1.807, 2.05) is 37.8 Å². The summed E-state index contributed by atoms with van der Waals surface area (Å²) in [7, 11) is 0. The summed E-state index contributed by atoms with van der Waals surface area (Å²) in [4.78, 5) is 33.0. The number of hydrogen-bond acceptors (Lipinski definition) is 6. The number of nitrogens with zero attached hydrogens (tertiary/aromatic N) is 3. The summed E-state index contributed by atoms with van der Waals surface area (Å²) in [5.41, 5.74) is -0.142. The third-order valence-corrected chi connectivity index (χ3v) is 5.79. The lowest BCUT2D eigenvalue weighted by Gasteiger charge is -2.27. The molecule has 1 aromatic heterocycles. The molecule has 8 heteroatoms. The Labute approximate surface area is 174 Å². The molecule has 1 unspecified atom stereocenters. The topological polar surface area (TPSA) is 72.0 Å². The van der Waals surface area contributed by atoms with Gasteiger partial charge in [0.2, 0.25) is 0 Å². The summed E-state index contributed by atoms with van der Waals surface area (Å²) in [6.45, 7) is 10.8. The number of aromatic nitrogens is 1. The summed E-state index contributed by atoms with van der Waals surface area (Å²) in [6, 6.07) is 3.74. The van der Waals surface area contributed by atoms with Crippen molar-refractivity contribution >= 4 is 33.8 Å². The number of likely N-dealkylation sites (tertiary alicyclic amines) is 1. The van der Waals surface area contributed by atoms with Crippen molar-refractivity contribution in [1.29, 1.82) is 0 Å². The van der Waals surface area contributed by atoms with E-state index in [0.717, 1.165) is 31.7 Å². The van der Waals surface area contributed by atoms with Crippen molar-refractivity contribution in [3.8, 4) is 0 Å². The van der Waals surface area contributed by atoms with Gasteiger partial charge >= 0.3 is 12.1 Å². The van der Waals surface area contributed by atoms with Gasteiger partial charge in [0.05, 0.1) is 11.1 Å². The minimum Gasteiger partial charge on any atom is -0.461 e. The van der Waals surface area contributed by atoms with Crippen molar-refractivity contribution < 1.29 is 19.1 Å². The average Bonchev–Trinajstić information content (AvgIpc) is 3.21. The van der Waals surface area contributed by atoms with Gasteiger partial charge in [0.15, 0.2) is 5.69 Å². The lowest BCUT2D eigenvalue weighted by atomic mass is 9.86. The summed E-state index contributed by atoms with van der Waals surface area (Å²) in [6.07, 6.45) is 1.69. The van der Waals surface area contributed by atoms with Crippen LogP contribution in [0.5, 0.6) is 0 Å². The minimum absolute atomic E-state index is 0.0513. The summed E-state index contributed by atoms with van der Waals surface area (Å²) in [5, 5.41) is 0. The van der Waals surface area contributed by atoms with Crippen LogP contribution in [0.4, 0.5) is 10.6 Å². The van der Waals surface area contributed by atoms with E-state index >= 15 is 0 Å². The van der Waals surface area contributed by atoms with E-state index in [1.54, 1.807) is 6.92 Å². The standard InChI is InChI=1S/C20H28BrN3O4/c1-5-27-17(25)16-14(21)6-7-15(22-16)23-10-8-20(12-23)9-11-24(13-20)18(26)28-19(2,3)4/h6-7H,5,8-13H2,1-4H3. The Hall–Kier alpha value is -1.83. The summed E-state index contributed by atoms with van der Waals surface area (Å²) in [5.74, 6) is 0.334. The zero-order valence-electron chi connectivity index (χ0n) is 17.0. The zero-order chi connectivity index (χ0) is 20.5. The molecule has 0 N–H and O–H groups in total. The number of carbonyl (C=O) groups is 2. The lowest BCUT2D eigenvalue weighted by Crippen LogP contribution is -2.37. The fourth-order valence-electron chi connectivity index (χ4n) is 3.83. The van der Waals surface area contributed by atoms with Crippen molar-refractivity contribution in [2.45, 2.75) is 46.1 Å². The van der Waals surface area contributed by atoms with E-state index in [4.69, 9.17) is 9.47 Å². The number of hydrogen-bond donors (Lipinski definition) is 0. The Morgan fingerprint density at radius 2 is 1.93 bits per heavy atom. The predicted molar refractivity (Wildman–Crippen MR) is 110 cm³/mol. The van der Waals surface area contributed by atoms with E-state index < -0.39 is 11.6 Å². The van der Waals surface area contributed by atoms with Gasteiger partial charge < -0.3 is 19.3 Å². The molecule has 0 aromatic carbocycles. The van der Waals surface area contributed by atoms with Crippen molar-refractivity contribution in [2.75, 3.05) is 37.7 Å². The quantitative estimate of drug-likeness (QED) is 0.646. The highest BCUT2D eigenvalue weighted by atomic mass is 79.9. The largest absolute Gasteiger partial charge is 0.461 e. The number of amides is 1. The van der Waals surface area contributed by atoms with Crippen molar-refractivity contribution in [1.82, 2.24) is 9.88 Å². The molecule has 2 fully saturated rings. The maximum atomic E-state index is 12.4.